The third kappa shape index (κ3) is 5.98. The van der Waals surface area contributed by atoms with Crippen LogP contribution < -0.4 is 14.4 Å². The van der Waals surface area contributed by atoms with Gasteiger partial charge in [0.15, 0.2) is 0 Å². The number of ether oxygens (including phenoxy) is 2. The Balaban J connectivity index is 1.37. The lowest BCUT2D eigenvalue weighted by atomic mass is 9.63. The van der Waals surface area contributed by atoms with E-state index in [4.69, 9.17) is 32.7 Å². The Kier molecular flexibility index (Phi) is 9.12. The minimum Gasteiger partial charge on any atom is -0.490 e. The number of methoxy groups -OCH3 is 1. The summed E-state index contributed by atoms with van der Waals surface area (Å²) >= 11 is 13.0. The van der Waals surface area contributed by atoms with E-state index in [1.807, 2.05) is 49.9 Å². The molecule has 0 saturated heterocycles. The van der Waals surface area contributed by atoms with Crippen LogP contribution in [0.3, 0.4) is 0 Å². The fourth-order valence-corrected chi connectivity index (χ4v) is 10.5. The van der Waals surface area contributed by atoms with Crippen LogP contribution in [0, 0.1) is 17.8 Å². The number of allylic oxidation sites excluding steroid dienone is 1. The SMILES string of the molecule is C=S1(=O)NC(=O)c2ccc3c(c2)N(C[C@@H]2CC[C@H]2[C@@](OC)(c2cnc(Cl)n2C)/C=C/C[C@H](C)[C@H]1C)C[C@@]1(CCCc2cc(Cl)ccc21)CO3. The summed E-state index contributed by atoms with van der Waals surface area (Å²) in [5, 5.41) is 0.770. The number of nitrogens with zero attached hydrogens (tertiary/aromatic N) is 3. The van der Waals surface area contributed by atoms with Gasteiger partial charge in [-0.25, -0.2) is 9.19 Å². The number of anilines is 1. The summed E-state index contributed by atoms with van der Waals surface area (Å²) in [4.78, 5) is 20.6. The number of aromatic nitrogens is 2. The highest BCUT2D eigenvalue weighted by Crippen LogP contribution is 2.52. The van der Waals surface area contributed by atoms with Crippen LogP contribution in [0.5, 0.6) is 5.75 Å². The molecule has 1 spiro atoms. The van der Waals surface area contributed by atoms with Crippen molar-refractivity contribution in [2.45, 2.75) is 68.6 Å². The molecule has 49 heavy (non-hydrogen) atoms. The fraction of sp³-hybridized carbons (Fsp3) is 0.500. The fourth-order valence-electron chi connectivity index (χ4n) is 8.70. The summed E-state index contributed by atoms with van der Waals surface area (Å²) in [7, 11) is 0.709. The Morgan fingerprint density at radius 2 is 1.98 bits per heavy atom. The molecule has 1 fully saturated rings. The van der Waals surface area contributed by atoms with E-state index in [9.17, 15) is 9.00 Å². The number of rotatable bonds is 2. The van der Waals surface area contributed by atoms with Crippen molar-refractivity contribution in [2.75, 3.05) is 31.7 Å². The predicted octanol–water partition coefficient (Wildman–Crippen LogP) is 7.11. The van der Waals surface area contributed by atoms with Crippen molar-refractivity contribution in [1.29, 1.82) is 0 Å². The number of aryl methyl sites for hydroxylation is 1. The second kappa shape index (κ2) is 13.0. The molecule has 2 aromatic carbocycles. The zero-order valence-electron chi connectivity index (χ0n) is 28.7. The molecule has 1 unspecified atom stereocenters. The van der Waals surface area contributed by atoms with Gasteiger partial charge in [-0.15, -0.1) is 0 Å². The Morgan fingerprint density at radius 3 is 2.69 bits per heavy atom. The molecular formula is C38H46Cl2N4O4S. The molecule has 7 atom stereocenters. The smallest absolute Gasteiger partial charge is 0.262 e. The monoisotopic (exact) mass is 724 g/mol. The number of nitrogens with one attached hydrogen (secondary N) is 1. The maximum Gasteiger partial charge on any atom is 0.262 e. The van der Waals surface area contributed by atoms with Crippen molar-refractivity contribution in [1.82, 2.24) is 14.3 Å². The highest BCUT2D eigenvalue weighted by molar-refractivity contribution is 7.99. The molecule has 1 N–H and O–H groups in total. The molecule has 1 amide bonds. The largest absolute Gasteiger partial charge is 0.490 e. The Morgan fingerprint density at radius 1 is 1.16 bits per heavy atom. The van der Waals surface area contributed by atoms with Crippen LogP contribution >= 0.6 is 23.2 Å². The van der Waals surface area contributed by atoms with Gasteiger partial charge in [0.25, 0.3) is 5.91 Å². The Hall–Kier alpha value is -2.98. The summed E-state index contributed by atoms with van der Waals surface area (Å²) in [6, 6.07) is 11.8. The maximum absolute atomic E-state index is 14.0. The molecule has 4 aliphatic rings. The van der Waals surface area contributed by atoms with E-state index >= 15 is 0 Å². The van der Waals surface area contributed by atoms with Crippen LogP contribution in [0.25, 0.3) is 0 Å². The van der Waals surface area contributed by atoms with Crippen LogP contribution in [-0.4, -0.2) is 57.6 Å². The van der Waals surface area contributed by atoms with Gasteiger partial charge < -0.3 is 18.9 Å². The van der Waals surface area contributed by atoms with Gasteiger partial charge in [0.1, 0.15) is 11.4 Å². The van der Waals surface area contributed by atoms with Crippen LogP contribution in [-0.2, 0) is 38.9 Å². The van der Waals surface area contributed by atoms with E-state index in [1.54, 1.807) is 13.2 Å². The van der Waals surface area contributed by atoms with E-state index in [1.165, 1.54) is 11.1 Å². The van der Waals surface area contributed by atoms with Gasteiger partial charge in [-0.2, -0.15) is 0 Å². The molecule has 1 saturated carbocycles. The van der Waals surface area contributed by atoms with Crippen molar-refractivity contribution in [3.05, 3.63) is 87.4 Å². The maximum atomic E-state index is 14.0. The highest BCUT2D eigenvalue weighted by Gasteiger charge is 2.51. The first kappa shape index (κ1) is 34.5. The molecule has 1 aromatic heterocycles. The minimum absolute atomic E-state index is 0.0308. The zero-order chi connectivity index (χ0) is 34.7. The number of carbonyl (C=O) groups excluding carboxylic acids is 1. The number of carbonyl (C=O) groups is 1. The van der Waals surface area contributed by atoms with Gasteiger partial charge in [-0.1, -0.05) is 36.7 Å². The standard InChI is InChI=1S/C38H46Cl2N4O4S/c1-24-8-6-17-38(47-4,34-20-41-36(40)43(34)3)31-13-10-28(31)21-44-22-37(16-7-9-26-18-29(39)12-14-30(26)37)23-48-33-15-11-27(19-32(33)44)35(45)42-49(5,46)25(24)2/h6,11-12,14-15,17-20,24-25,28,31H,5,7-10,13,16,21-23H2,1-4H3,(H,42,45,46)/b17-6+/t24-,25+,28-,31+,37-,38+,49?/m0/s1. The molecule has 0 radical (unpaired) electrons. The predicted molar refractivity (Wildman–Crippen MR) is 198 cm³/mol. The number of fused-ring (bicyclic) bond motifs is 4. The first-order valence-electron chi connectivity index (χ1n) is 17.3. The molecule has 3 aromatic rings. The van der Waals surface area contributed by atoms with E-state index < -0.39 is 21.2 Å². The van der Waals surface area contributed by atoms with Crippen LogP contribution in [0.1, 0.15) is 73.1 Å². The average Bonchev–Trinajstić information content (AvgIpc) is 3.32. The summed E-state index contributed by atoms with van der Waals surface area (Å²) in [5.74, 6) is 4.73. The molecule has 262 valence electrons. The molecule has 3 heterocycles. The average molecular weight is 726 g/mol. The van der Waals surface area contributed by atoms with E-state index in [-0.39, 0.29) is 28.4 Å². The second-order valence-electron chi connectivity index (χ2n) is 14.7. The number of benzene rings is 2. The second-order valence-corrected chi connectivity index (χ2v) is 17.9. The van der Waals surface area contributed by atoms with E-state index in [0.29, 0.717) is 23.9 Å². The third-order valence-corrected chi connectivity index (χ3v) is 14.7. The van der Waals surface area contributed by atoms with Crippen molar-refractivity contribution >= 4 is 50.4 Å². The quantitative estimate of drug-likeness (QED) is 0.224. The molecule has 2 aliphatic heterocycles. The zero-order valence-corrected chi connectivity index (χ0v) is 31.0. The lowest BCUT2D eigenvalue weighted by molar-refractivity contribution is -0.0846. The number of hydrogen-bond donors (Lipinski definition) is 1. The van der Waals surface area contributed by atoms with Crippen LogP contribution in [0.2, 0.25) is 10.3 Å². The lowest BCUT2D eigenvalue weighted by Crippen LogP contribution is -2.52. The van der Waals surface area contributed by atoms with Gasteiger partial charge in [0, 0.05) is 54.4 Å². The van der Waals surface area contributed by atoms with Crippen LogP contribution in [0.4, 0.5) is 5.69 Å². The number of halogens is 2. The van der Waals surface area contributed by atoms with Crippen molar-refractivity contribution in [3.63, 3.8) is 0 Å². The van der Waals surface area contributed by atoms with E-state index in [2.05, 4.69) is 44.8 Å². The topological polar surface area (TPSA) is 85.7 Å². The van der Waals surface area contributed by atoms with E-state index in [0.717, 1.165) is 67.3 Å². The van der Waals surface area contributed by atoms with Crippen molar-refractivity contribution in [3.8, 4) is 5.75 Å². The summed E-state index contributed by atoms with van der Waals surface area (Å²) < 4.78 is 31.9. The summed E-state index contributed by atoms with van der Waals surface area (Å²) in [6.07, 6.45) is 11.7. The summed E-state index contributed by atoms with van der Waals surface area (Å²) in [5.41, 5.74) is 3.71. The first-order chi connectivity index (χ1) is 23.4. The Labute approximate surface area is 300 Å². The van der Waals surface area contributed by atoms with Crippen molar-refractivity contribution in [2.24, 2.45) is 24.8 Å². The van der Waals surface area contributed by atoms with Crippen molar-refractivity contribution < 1.29 is 18.5 Å². The molecule has 2 bridgehead atoms. The van der Waals surface area contributed by atoms with Gasteiger partial charge in [0.2, 0.25) is 5.28 Å². The van der Waals surface area contributed by atoms with Gasteiger partial charge >= 0.3 is 0 Å². The number of amides is 1. The minimum atomic E-state index is -2.99. The molecule has 11 heteroatoms. The van der Waals surface area contributed by atoms with Gasteiger partial charge in [-0.3, -0.25) is 9.52 Å². The third-order valence-electron chi connectivity index (χ3n) is 11.9. The molecule has 7 rings (SSSR count). The molecule has 8 nitrogen and oxygen atoms in total. The number of hydrogen-bond acceptors (Lipinski definition) is 6. The van der Waals surface area contributed by atoms with Gasteiger partial charge in [-0.05, 0) is 116 Å². The Bertz CT molecular complexity index is 1910. The van der Waals surface area contributed by atoms with Gasteiger partial charge in [0.05, 0.1) is 33.9 Å². The molecular weight excluding hydrogens is 679 g/mol. The number of imidazole rings is 1. The normalized spacial score (nSPS) is 33.8. The highest BCUT2D eigenvalue weighted by atomic mass is 35.5. The first-order valence-corrected chi connectivity index (χ1v) is 19.8. The van der Waals surface area contributed by atoms with Crippen LogP contribution in [0.15, 0.2) is 54.7 Å². The molecule has 2 aliphatic carbocycles. The summed E-state index contributed by atoms with van der Waals surface area (Å²) in [6.45, 7) is 5.91. The lowest BCUT2D eigenvalue weighted by Gasteiger charge is -2.50.